The third-order valence-corrected chi connectivity index (χ3v) is 5.90. The van der Waals surface area contributed by atoms with E-state index in [4.69, 9.17) is 4.18 Å². The fraction of sp³-hybridized carbons (Fsp3) is 0.333. The Morgan fingerprint density at radius 3 is 1.48 bits per heavy atom. The van der Waals surface area contributed by atoms with Gasteiger partial charge in [0.2, 0.25) is 0 Å². The Labute approximate surface area is 128 Å². The second kappa shape index (κ2) is 4.79. The van der Waals surface area contributed by atoms with E-state index in [9.17, 15) is 4.21 Å². The Balaban J connectivity index is 2.20. The molecule has 3 heteroatoms. The third-order valence-electron chi connectivity index (χ3n) is 4.38. The molecule has 3 rings (SSSR count). The molecule has 21 heavy (non-hydrogen) atoms. The van der Waals surface area contributed by atoms with Gasteiger partial charge in [0.25, 0.3) is 0 Å². The molecule has 0 aromatic heterocycles. The summed E-state index contributed by atoms with van der Waals surface area (Å²) in [7, 11) is 0. The Bertz CT molecular complexity index is 639. The van der Waals surface area contributed by atoms with Gasteiger partial charge in [-0.3, -0.25) is 4.18 Å². The average Bonchev–Trinajstić information content (AvgIpc) is 2.46. The smallest absolute Gasteiger partial charge is 0.166 e. The largest absolute Gasteiger partial charge is 0.272 e. The van der Waals surface area contributed by atoms with E-state index < -0.39 is 21.4 Å². The Morgan fingerprint density at radius 1 is 0.810 bits per heavy atom. The van der Waals surface area contributed by atoms with Crippen molar-refractivity contribution in [2.75, 3.05) is 0 Å². The molecule has 0 aliphatic carbocycles. The first-order valence-electron chi connectivity index (χ1n) is 7.13. The zero-order valence-corrected chi connectivity index (χ0v) is 13.7. The van der Waals surface area contributed by atoms with Gasteiger partial charge in [0, 0.05) is 0 Å². The summed E-state index contributed by atoms with van der Waals surface area (Å²) in [5.41, 5.74) is 3.88. The minimum atomic E-state index is -1.28. The molecule has 1 saturated heterocycles. The maximum absolute atomic E-state index is 12.1. The van der Waals surface area contributed by atoms with Crippen molar-refractivity contribution in [1.29, 1.82) is 0 Å². The Hall–Kier alpha value is -1.45. The summed E-state index contributed by atoms with van der Waals surface area (Å²) in [6.45, 7) is 8.14. The van der Waals surface area contributed by atoms with E-state index in [0.29, 0.717) is 0 Å². The van der Waals surface area contributed by atoms with Crippen LogP contribution in [0.2, 0.25) is 0 Å². The summed E-state index contributed by atoms with van der Waals surface area (Å²) in [5.74, 6) is 0. The van der Waals surface area contributed by atoms with Crippen LogP contribution in [-0.4, -0.2) is 8.96 Å². The van der Waals surface area contributed by atoms with Gasteiger partial charge in [-0.05, 0) is 38.8 Å². The van der Waals surface area contributed by atoms with Gasteiger partial charge in [0.05, 0.1) is 0 Å². The molecule has 1 aliphatic rings. The lowest BCUT2D eigenvalue weighted by Gasteiger charge is -2.53. The number of aryl methyl sites for hydroxylation is 2. The highest BCUT2D eigenvalue weighted by Gasteiger charge is 2.63. The van der Waals surface area contributed by atoms with Crippen molar-refractivity contribution in [1.82, 2.24) is 0 Å². The van der Waals surface area contributed by atoms with E-state index in [1.54, 1.807) is 0 Å². The van der Waals surface area contributed by atoms with E-state index in [1.165, 1.54) is 11.1 Å². The van der Waals surface area contributed by atoms with E-state index in [0.717, 1.165) is 11.1 Å². The highest BCUT2D eigenvalue weighted by molar-refractivity contribution is 7.83. The van der Waals surface area contributed by atoms with Gasteiger partial charge in [0.1, 0.15) is 4.75 Å². The fourth-order valence-electron chi connectivity index (χ4n) is 2.94. The van der Waals surface area contributed by atoms with E-state index in [1.807, 2.05) is 13.8 Å². The second-order valence-corrected chi connectivity index (χ2v) is 7.90. The van der Waals surface area contributed by atoms with E-state index >= 15 is 0 Å². The van der Waals surface area contributed by atoms with Crippen LogP contribution >= 0.6 is 0 Å². The maximum Gasteiger partial charge on any atom is 0.166 e. The molecule has 1 fully saturated rings. The molecule has 0 amide bonds. The third kappa shape index (κ3) is 1.99. The van der Waals surface area contributed by atoms with Crippen LogP contribution in [0.3, 0.4) is 0 Å². The topological polar surface area (TPSA) is 26.3 Å². The molecule has 2 aromatic rings. The maximum atomic E-state index is 12.1. The zero-order valence-electron chi connectivity index (χ0n) is 12.8. The van der Waals surface area contributed by atoms with Crippen LogP contribution in [0.15, 0.2) is 48.5 Å². The standard InChI is InChI=1S/C18H20O2S/c1-13-5-9-15(10-6-13)18(17(3,4)21(19)20-18)16-11-7-14(2)8-12-16/h5-12H,1-4H3. The van der Waals surface area contributed by atoms with Crippen LogP contribution < -0.4 is 0 Å². The van der Waals surface area contributed by atoms with Crippen molar-refractivity contribution in [3.63, 3.8) is 0 Å². The summed E-state index contributed by atoms with van der Waals surface area (Å²) in [6.07, 6.45) is 0. The van der Waals surface area contributed by atoms with Gasteiger partial charge in [-0.25, -0.2) is 4.21 Å². The van der Waals surface area contributed by atoms with Crippen molar-refractivity contribution in [3.05, 3.63) is 70.8 Å². The fourth-order valence-corrected chi connectivity index (χ4v) is 4.17. The van der Waals surface area contributed by atoms with Crippen molar-refractivity contribution in [2.45, 2.75) is 38.0 Å². The van der Waals surface area contributed by atoms with Gasteiger partial charge in [0.15, 0.2) is 16.7 Å². The van der Waals surface area contributed by atoms with Gasteiger partial charge >= 0.3 is 0 Å². The average molecular weight is 300 g/mol. The minimum absolute atomic E-state index is 0.461. The van der Waals surface area contributed by atoms with Crippen molar-refractivity contribution in [3.8, 4) is 0 Å². The second-order valence-electron chi connectivity index (χ2n) is 6.24. The molecular weight excluding hydrogens is 280 g/mol. The zero-order chi connectivity index (χ0) is 15.3. The Morgan fingerprint density at radius 2 is 1.19 bits per heavy atom. The van der Waals surface area contributed by atoms with Crippen molar-refractivity contribution >= 4 is 11.1 Å². The number of hydrogen-bond donors (Lipinski definition) is 0. The van der Waals surface area contributed by atoms with Crippen LogP contribution in [0.5, 0.6) is 0 Å². The molecule has 2 aromatic carbocycles. The highest BCUT2D eigenvalue weighted by Crippen LogP contribution is 2.54. The highest BCUT2D eigenvalue weighted by atomic mass is 32.2. The molecule has 0 radical (unpaired) electrons. The van der Waals surface area contributed by atoms with E-state index in [2.05, 4.69) is 62.4 Å². The predicted octanol–water partition coefficient (Wildman–Crippen LogP) is 4.02. The van der Waals surface area contributed by atoms with Crippen molar-refractivity contribution in [2.24, 2.45) is 0 Å². The summed E-state index contributed by atoms with van der Waals surface area (Å²) >= 11 is -1.28. The summed E-state index contributed by atoms with van der Waals surface area (Å²) in [4.78, 5) is 0. The molecule has 0 N–H and O–H groups in total. The van der Waals surface area contributed by atoms with Crippen LogP contribution in [0, 0.1) is 13.8 Å². The number of rotatable bonds is 2. The van der Waals surface area contributed by atoms with Crippen LogP contribution in [0.25, 0.3) is 0 Å². The van der Waals surface area contributed by atoms with Crippen LogP contribution in [0.4, 0.5) is 0 Å². The van der Waals surface area contributed by atoms with Crippen LogP contribution in [-0.2, 0) is 20.9 Å². The van der Waals surface area contributed by atoms with E-state index in [-0.39, 0.29) is 0 Å². The quantitative estimate of drug-likeness (QED) is 0.837. The predicted molar refractivity (Wildman–Crippen MR) is 86.4 cm³/mol. The van der Waals surface area contributed by atoms with Gasteiger partial charge < -0.3 is 0 Å². The molecule has 1 aliphatic heterocycles. The number of benzene rings is 2. The lowest BCUT2D eigenvalue weighted by atomic mass is 9.76. The lowest BCUT2D eigenvalue weighted by molar-refractivity contribution is 0.0293. The lowest BCUT2D eigenvalue weighted by Crippen LogP contribution is -2.63. The SMILES string of the molecule is Cc1ccc(C2(c3ccc(C)cc3)OS(=O)C2(C)C)cc1. The molecule has 1 heterocycles. The normalized spacial score (nSPS) is 22.6. The number of hydrogen-bond acceptors (Lipinski definition) is 2. The monoisotopic (exact) mass is 300 g/mol. The molecule has 1 atom stereocenters. The van der Waals surface area contributed by atoms with Gasteiger partial charge in [-0.1, -0.05) is 59.7 Å². The molecule has 1 unspecified atom stereocenters. The molecule has 110 valence electrons. The minimum Gasteiger partial charge on any atom is -0.272 e. The summed E-state index contributed by atoms with van der Waals surface area (Å²) in [5, 5.41) is 0. The first-order valence-corrected chi connectivity index (χ1v) is 8.21. The first-order chi connectivity index (χ1) is 9.88. The van der Waals surface area contributed by atoms with Gasteiger partial charge in [-0.15, -0.1) is 0 Å². The van der Waals surface area contributed by atoms with Crippen molar-refractivity contribution < 1.29 is 8.39 Å². The first kappa shape index (κ1) is 14.5. The summed E-state index contributed by atoms with van der Waals surface area (Å²) < 4.78 is 17.5. The van der Waals surface area contributed by atoms with Crippen LogP contribution in [0.1, 0.15) is 36.1 Å². The summed E-state index contributed by atoms with van der Waals surface area (Å²) in [6, 6.07) is 16.6. The molecule has 0 saturated carbocycles. The molecule has 0 bridgehead atoms. The molecule has 2 nitrogen and oxygen atoms in total. The van der Waals surface area contributed by atoms with Gasteiger partial charge in [-0.2, -0.15) is 0 Å². The molecule has 0 spiro atoms. The molecular formula is C18H20O2S. The Kier molecular flexibility index (Phi) is 3.30.